The predicted octanol–water partition coefficient (Wildman–Crippen LogP) is 4.19. The lowest BCUT2D eigenvalue weighted by atomic mass is 9.84. The van der Waals surface area contributed by atoms with Gasteiger partial charge in [-0.3, -0.25) is 9.59 Å². The Morgan fingerprint density at radius 1 is 1.12 bits per heavy atom. The topological polar surface area (TPSA) is 134 Å². The molecule has 8 rings (SSSR count). The summed E-state index contributed by atoms with van der Waals surface area (Å²) in [6.45, 7) is 9.36. The molecule has 1 fully saturated rings. The zero-order valence-corrected chi connectivity index (χ0v) is 24.0. The van der Waals surface area contributed by atoms with Crippen molar-refractivity contribution in [3.8, 4) is 16.9 Å². The Bertz CT molecular complexity index is 1990. The number of aromatic nitrogens is 6. The molecule has 7 heterocycles. The van der Waals surface area contributed by atoms with E-state index in [1.807, 2.05) is 24.3 Å². The van der Waals surface area contributed by atoms with E-state index in [1.54, 1.807) is 48.9 Å². The molecule has 0 amide bonds. The van der Waals surface area contributed by atoms with Crippen LogP contribution in [0.3, 0.4) is 0 Å². The van der Waals surface area contributed by atoms with Crippen LogP contribution in [0.15, 0.2) is 77.0 Å². The van der Waals surface area contributed by atoms with Crippen molar-refractivity contribution in [2.45, 2.75) is 44.8 Å². The monoisotopic (exact) mass is 576 g/mol. The third-order valence-electron chi connectivity index (χ3n) is 8.27. The van der Waals surface area contributed by atoms with Crippen LogP contribution in [0.2, 0.25) is 0 Å². The fraction of sp³-hybridized carbons (Fsp3) is 0.281. The second-order valence-corrected chi connectivity index (χ2v) is 11.6. The highest BCUT2D eigenvalue weighted by Gasteiger charge is 2.33. The van der Waals surface area contributed by atoms with Crippen LogP contribution in [-0.4, -0.2) is 47.5 Å². The number of aromatic amines is 1. The first-order chi connectivity index (χ1) is 20.7. The summed E-state index contributed by atoms with van der Waals surface area (Å²) in [5.74, 6) is 1.15. The first-order valence-electron chi connectivity index (χ1n) is 14.4. The van der Waals surface area contributed by atoms with E-state index in [9.17, 15) is 14.7 Å². The Labute approximate surface area is 247 Å². The van der Waals surface area contributed by atoms with Crippen LogP contribution in [0.25, 0.3) is 28.0 Å². The SMILES string of the molecule is C=CCn1c(=O)c2cnc(Nc3ccc(-c4cc(=O)[nH]c5c4N4CCC5CC4)cc3)nc2n1-c1cccc(C(C)(C)O)n1. The number of nitrogens with zero attached hydrogens (tertiary/aromatic N) is 6. The summed E-state index contributed by atoms with van der Waals surface area (Å²) in [5.41, 5.74) is 4.18. The molecule has 1 saturated heterocycles. The Morgan fingerprint density at radius 3 is 2.60 bits per heavy atom. The maximum atomic E-state index is 13.3. The highest BCUT2D eigenvalue weighted by atomic mass is 16.3. The number of rotatable bonds is 7. The lowest BCUT2D eigenvalue weighted by Gasteiger charge is -2.42. The molecule has 0 saturated carbocycles. The molecule has 43 heavy (non-hydrogen) atoms. The molecule has 0 atom stereocenters. The van der Waals surface area contributed by atoms with Gasteiger partial charge in [-0.05, 0) is 56.5 Å². The summed E-state index contributed by atoms with van der Waals surface area (Å²) >= 11 is 0. The van der Waals surface area contributed by atoms with Crippen LogP contribution in [0, 0.1) is 0 Å². The number of allylic oxidation sites excluding steroid dienone is 1. The standard InChI is InChI=1S/C32H32N8O3/c1-4-14-39-30(42)23-18-33-31(37-29(23)40(39)25-7-5-6-24(35-25)32(2,3)43)34-21-10-8-19(9-11-21)22-17-26(41)36-27-20-12-15-38(16-13-20)28(22)27/h4-11,17-18,20,43H,1,12-16H2,2-3H3,(H,36,41)(H,33,34,37). The Kier molecular flexibility index (Phi) is 6.28. The number of pyridine rings is 2. The van der Waals surface area contributed by atoms with Crippen LogP contribution >= 0.6 is 0 Å². The van der Waals surface area contributed by atoms with Gasteiger partial charge in [0.2, 0.25) is 11.5 Å². The molecule has 11 nitrogen and oxygen atoms in total. The van der Waals surface area contributed by atoms with E-state index < -0.39 is 5.60 Å². The molecular weight excluding hydrogens is 544 g/mol. The molecular formula is C32H32N8O3. The molecule has 0 radical (unpaired) electrons. The highest BCUT2D eigenvalue weighted by molar-refractivity contribution is 5.83. The molecule has 4 aromatic heterocycles. The maximum absolute atomic E-state index is 13.3. The summed E-state index contributed by atoms with van der Waals surface area (Å²) in [5, 5.41) is 14.1. The molecule has 2 bridgehead atoms. The van der Waals surface area contributed by atoms with Gasteiger partial charge in [0.1, 0.15) is 11.0 Å². The third-order valence-corrected chi connectivity index (χ3v) is 8.27. The highest BCUT2D eigenvalue weighted by Crippen LogP contribution is 2.45. The molecule has 11 heteroatoms. The molecule has 0 spiro atoms. The quantitative estimate of drug-likeness (QED) is 0.246. The number of H-pyrrole nitrogens is 1. The van der Waals surface area contributed by atoms with Crippen molar-refractivity contribution < 1.29 is 5.11 Å². The van der Waals surface area contributed by atoms with Crippen molar-refractivity contribution in [2.24, 2.45) is 0 Å². The van der Waals surface area contributed by atoms with E-state index >= 15 is 0 Å². The van der Waals surface area contributed by atoms with E-state index in [0.717, 1.165) is 54.1 Å². The number of nitrogens with one attached hydrogen (secondary N) is 2. The molecule has 0 unspecified atom stereocenters. The van der Waals surface area contributed by atoms with Gasteiger partial charge in [0.15, 0.2) is 11.5 Å². The summed E-state index contributed by atoms with van der Waals surface area (Å²) in [6.07, 6.45) is 5.28. The van der Waals surface area contributed by atoms with Gasteiger partial charge in [-0.25, -0.2) is 19.3 Å². The van der Waals surface area contributed by atoms with Gasteiger partial charge >= 0.3 is 0 Å². The van der Waals surface area contributed by atoms with Crippen molar-refractivity contribution >= 4 is 28.4 Å². The molecule has 218 valence electrons. The second kappa shape index (κ2) is 10.1. The number of hydrogen-bond acceptors (Lipinski definition) is 8. The number of aliphatic hydroxyl groups is 1. The van der Waals surface area contributed by atoms with Crippen LogP contribution in [0.5, 0.6) is 0 Å². The fourth-order valence-corrected chi connectivity index (χ4v) is 6.17. The van der Waals surface area contributed by atoms with Crippen LogP contribution in [-0.2, 0) is 12.1 Å². The molecule has 1 aromatic carbocycles. The molecule has 0 aliphatic carbocycles. The Hall–Kier alpha value is -5.03. The number of anilines is 3. The van der Waals surface area contributed by atoms with E-state index in [-0.39, 0.29) is 17.7 Å². The summed E-state index contributed by atoms with van der Waals surface area (Å²) in [6, 6.07) is 14.8. The lowest BCUT2D eigenvalue weighted by Crippen LogP contribution is -2.40. The third kappa shape index (κ3) is 4.62. The predicted molar refractivity (Wildman–Crippen MR) is 166 cm³/mol. The van der Waals surface area contributed by atoms with Gasteiger partial charge in [0.25, 0.3) is 5.56 Å². The van der Waals surface area contributed by atoms with Crippen molar-refractivity contribution in [1.29, 1.82) is 0 Å². The molecule has 3 aliphatic heterocycles. The minimum atomic E-state index is -1.17. The van der Waals surface area contributed by atoms with Crippen LogP contribution in [0.4, 0.5) is 17.3 Å². The Balaban J connectivity index is 1.25. The summed E-state index contributed by atoms with van der Waals surface area (Å²) in [4.78, 5) is 45.1. The minimum absolute atomic E-state index is 0.0802. The van der Waals surface area contributed by atoms with Gasteiger partial charge in [0.05, 0.1) is 17.9 Å². The lowest BCUT2D eigenvalue weighted by molar-refractivity contribution is 0.0738. The average molecular weight is 577 g/mol. The van der Waals surface area contributed by atoms with Gasteiger partial charge in [-0.1, -0.05) is 24.3 Å². The first-order valence-corrected chi connectivity index (χ1v) is 14.4. The fourth-order valence-electron chi connectivity index (χ4n) is 6.17. The van der Waals surface area contributed by atoms with Gasteiger partial charge in [-0.15, -0.1) is 6.58 Å². The first kappa shape index (κ1) is 26.8. The molecule has 3 N–H and O–H groups in total. The van der Waals surface area contributed by atoms with E-state index in [2.05, 4.69) is 31.7 Å². The summed E-state index contributed by atoms with van der Waals surface area (Å²) in [7, 11) is 0. The van der Waals surface area contributed by atoms with Gasteiger partial charge in [0, 0.05) is 48.2 Å². The van der Waals surface area contributed by atoms with Crippen molar-refractivity contribution in [3.63, 3.8) is 0 Å². The largest absolute Gasteiger partial charge is 0.384 e. The average Bonchev–Trinajstić information content (AvgIpc) is 3.27. The number of benzene rings is 1. The smallest absolute Gasteiger partial charge is 0.278 e. The maximum Gasteiger partial charge on any atom is 0.278 e. The molecule has 3 aliphatic rings. The second-order valence-electron chi connectivity index (χ2n) is 11.6. The van der Waals surface area contributed by atoms with Crippen molar-refractivity contribution in [3.05, 3.63) is 99.5 Å². The summed E-state index contributed by atoms with van der Waals surface area (Å²) < 4.78 is 3.12. The van der Waals surface area contributed by atoms with Gasteiger partial charge < -0.3 is 20.3 Å². The normalized spacial score (nSPS) is 14.7. The number of hydrogen-bond donors (Lipinski definition) is 3. The van der Waals surface area contributed by atoms with E-state index in [4.69, 9.17) is 4.98 Å². The van der Waals surface area contributed by atoms with Crippen molar-refractivity contribution in [1.82, 2.24) is 29.3 Å². The van der Waals surface area contributed by atoms with Gasteiger partial charge in [-0.2, -0.15) is 4.98 Å². The Morgan fingerprint density at radius 2 is 1.88 bits per heavy atom. The number of fused-ring (bicyclic) bond motifs is 3. The van der Waals surface area contributed by atoms with E-state index in [1.165, 1.54) is 10.9 Å². The zero-order valence-electron chi connectivity index (χ0n) is 24.0. The van der Waals surface area contributed by atoms with Crippen molar-refractivity contribution in [2.75, 3.05) is 23.3 Å². The van der Waals surface area contributed by atoms with Crippen LogP contribution < -0.4 is 21.3 Å². The van der Waals surface area contributed by atoms with E-state index in [0.29, 0.717) is 34.4 Å². The van der Waals surface area contributed by atoms with Crippen LogP contribution in [0.1, 0.15) is 44.0 Å². The zero-order chi connectivity index (χ0) is 29.9. The minimum Gasteiger partial charge on any atom is -0.384 e. The number of piperidine rings is 1. The molecule has 5 aromatic rings.